The van der Waals surface area contributed by atoms with E-state index in [1.807, 2.05) is 55.6 Å². The summed E-state index contributed by atoms with van der Waals surface area (Å²) in [5, 5.41) is 3.20. The van der Waals surface area contributed by atoms with Crippen molar-refractivity contribution in [3.8, 4) is 11.3 Å². The zero-order chi connectivity index (χ0) is 20.6. The van der Waals surface area contributed by atoms with Gasteiger partial charge in [0.05, 0.1) is 24.1 Å². The molecule has 1 aromatic heterocycles. The molecule has 1 heterocycles. The molecule has 0 spiro atoms. The van der Waals surface area contributed by atoms with Crippen molar-refractivity contribution in [2.45, 2.75) is 19.8 Å². The summed E-state index contributed by atoms with van der Waals surface area (Å²) in [6.45, 7) is 3.07. The Labute approximate surface area is 171 Å². The second kappa shape index (κ2) is 9.68. The minimum absolute atomic E-state index is 0.410. The smallest absolute Gasteiger partial charge is 0.339 e. The molecule has 0 saturated heterocycles. The monoisotopic (exact) mass is 390 g/mol. The van der Waals surface area contributed by atoms with Crippen LogP contribution in [0.2, 0.25) is 0 Å². The van der Waals surface area contributed by atoms with E-state index in [0.717, 1.165) is 36.5 Å². The first-order valence-corrected chi connectivity index (χ1v) is 9.72. The number of carbonyl (C=O) groups is 1. The van der Waals surface area contributed by atoms with Gasteiger partial charge in [0.15, 0.2) is 0 Å². The van der Waals surface area contributed by atoms with E-state index in [1.54, 1.807) is 12.1 Å². The van der Waals surface area contributed by atoms with E-state index < -0.39 is 5.97 Å². The second-order valence-corrected chi connectivity index (χ2v) is 6.74. The van der Waals surface area contributed by atoms with Gasteiger partial charge >= 0.3 is 5.97 Å². The third-order valence-electron chi connectivity index (χ3n) is 4.60. The molecule has 2 aromatic carbocycles. The summed E-state index contributed by atoms with van der Waals surface area (Å²) >= 11 is 0. The number of ether oxygens (including phenoxy) is 1. The summed E-state index contributed by atoms with van der Waals surface area (Å²) in [7, 11) is 3.39. The number of carbonyl (C=O) groups excluding carboxylic acids is 1. The molecule has 0 aliphatic heterocycles. The third kappa shape index (κ3) is 5.10. The van der Waals surface area contributed by atoms with Crippen LogP contribution in [0, 0.1) is 0 Å². The molecule has 0 aliphatic rings. The van der Waals surface area contributed by atoms with Crippen LogP contribution < -0.4 is 10.2 Å². The summed E-state index contributed by atoms with van der Waals surface area (Å²) in [5.74, 6) is 0.846. The number of nitrogens with one attached hydrogen (secondary N) is 1. The average Bonchev–Trinajstić information content (AvgIpc) is 2.77. The summed E-state index contributed by atoms with van der Waals surface area (Å²) in [6, 6.07) is 19.1. The zero-order valence-electron chi connectivity index (χ0n) is 17.1. The van der Waals surface area contributed by atoms with Crippen LogP contribution in [-0.4, -0.2) is 36.6 Å². The van der Waals surface area contributed by atoms with Gasteiger partial charge in [0.1, 0.15) is 5.82 Å². The van der Waals surface area contributed by atoms with E-state index >= 15 is 0 Å². The Morgan fingerprint density at radius 1 is 1.07 bits per heavy atom. The molecule has 1 N–H and O–H groups in total. The molecular weight excluding hydrogens is 364 g/mol. The van der Waals surface area contributed by atoms with Crippen LogP contribution in [0.3, 0.4) is 0 Å². The van der Waals surface area contributed by atoms with Crippen LogP contribution in [0.25, 0.3) is 11.3 Å². The van der Waals surface area contributed by atoms with Crippen LogP contribution in [0.15, 0.2) is 60.7 Å². The standard InChI is InChI=1S/C23H26N4O2/c1-4-5-15-27(2)21-16-20(17-11-7-6-8-12-17)25-23(26-21)24-19-14-10-9-13-18(19)22(28)29-3/h6-14,16H,4-5,15H2,1-3H3,(H,24,25,26). The molecule has 0 amide bonds. The van der Waals surface area contributed by atoms with Crippen molar-refractivity contribution in [3.05, 3.63) is 66.2 Å². The molecule has 29 heavy (non-hydrogen) atoms. The van der Waals surface area contributed by atoms with Gasteiger partial charge in [0.2, 0.25) is 5.95 Å². The van der Waals surface area contributed by atoms with Gasteiger partial charge in [-0.2, -0.15) is 4.98 Å². The number of nitrogens with zero attached hydrogens (tertiary/aromatic N) is 3. The lowest BCUT2D eigenvalue weighted by molar-refractivity contribution is 0.0602. The van der Waals surface area contributed by atoms with Crippen molar-refractivity contribution in [2.75, 3.05) is 30.9 Å². The Morgan fingerprint density at radius 3 is 2.52 bits per heavy atom. The van der Waals surface area contributed by atoms with Crippen molar-refractivity contribution in [3.63, 3.8) is 0 Å². The van der Waals surface area contributed by atoms with Crippen LogP contribution in [0.5, 0.6) is 0 Å². The normalized spacial score (nSPS) is 10.4. The second-order valence-electron chi connectivity index (χ2n) is 6.74. The Kier molecular flexibility index (Phi) is 6.79. The molecule has 0 aliphatic carbocycles. The van der Waals surface area contributed by atoms with E-state index in [0.29, 0.717) is 17.2 Å². The first-order valence-electron chi connectivity index (χ1n) is 9.72. The molecule has 0 atom stereocenters. The minimum Gasteiger partial charge on any atom is -0.465 e. The predicted octanol–water partition coefficient (Wildman–Crippen LogP) is 4.91. The van der Waals surface area contributed by atoms with Crippen molar-refractivity contribution >= 4 is 23.4 Å². The number of unbranched alkanes of at least 4 members (excludes halogenated alkanes) is 1. The van der Waals surface area contributed by atoms with Crippen LogP contribution in [0.4, 0.5) is 17.5 Å². The minimum atomic E-state index is -0.410. The van der Waals surface area contributed by atoms with Crippen LogP contribution >= 0.6 is 0 Å². The fourth-order valence-electron chi connectivity index (χ4n) is 2.95. The van der Waals surface area contributed by atoms with Gasteiger partial charge in [-0.1, -0.05) is 55.8 Å². The van der Waals surface area contributed by atoms with Gasteiger partial charge in [-0.25, -0.2) is 9.78 Å². The highest BCUT2D eigenvalue weighted by Gasteiger charge is 2.14. The molecule has 150 valence electrons. The van der Waals surface area contributed by atoms with E-state index in [1.165, 1.54) is 7.11 Å². The summed E-state index contributed by atoms with van der Waals surface area (Å²) in [5.41, 5.74) is 2.86. The van der Waals surface area contributed by atoms with Gasteiger partial charge in [-0.15, -0.1) is 0 Å². The first kappa shape index (κ1) is 20.3. The predicted molar refractivity (Wildman–Crippen MR) is 117 cm³/mol. The van der Waals surface area contributed by atoms with Crippen molar-refractivity contribution in [1.82, 2.24) is 9.97 Å². The number of rotatable bonds is 8. The summed E-state index contributed by atoms with van der Waals surface area (Å²) < 4.78 is 4.89. The maximum atomic E-state index is 12.1. The number of benzene rings is 2. The summed E-state index contributed by atoms with van der Waals surface area (Å²) in [4.78, 5) is 23.6. The van der Waals surface area contributed by atoms with Crippen molar-refractivity contribution in [1.29, 1.82) is 0 Å². The van der Waals surface area contributed by atoms with Gasteiger partial charge in [-0.05, 0) is 18.6 Å². The number of aromatic nitrogens is 2. The van der Waals surface area contributed by atoms with E-state index in [4.69, 9.17) is 4.74 Å². The molecular formula is C23H26N4O2. The molecule has 3 rings (SSSR count). The summed E-state index contributed by atoms with van der Waals surface area (Å²) in [6.07, 6.45) is 2.19. The quantitative estimate of drug-likeness (QED) is 0.551. The molecule has 0 unspecified atom stereocenters. The first-order chi connectivity index (χ1) is 14.1. The molecule has 0 radical (unpaired) electrons. The lowest BCUT2D eigenvalue weighted by atomic mass is 10.1. The number of methoxy groups -OCH3 is 1. The Balaban J connectivity index is 2.01. The molecule has 6 heteroatoms. The maximum absolute atomic E-state index is 12.1. The highest BCUT2D eigenvalue weighted by atomic mass is 16.5. The third-order valence-corrected chi connectivity index (χ3v) is 4.60. The zero-order valence-corrected chi connectivity index (χ0v) is 17.1. The number of hydrogen-bond donors (Lipinski definition) is 1. The highest BCUT2D eigenvalue weighted by molar-refractivity contribution is 5.96. The van der Waals surface area contributed by atoms with Crippen LogP contribution in [0.1, 0.15) is 30.1 Å². The van der Waals surface area contributed by atoms with Crippen molar-refractivity contribution in [2.24, 2.45) is 0 Å². The van der Waals surface area contributed by atoms with E-state index in [-0.39, 0.29) is 0 Å². The molecule has 3 aromatic rings. The van der Waals surface area contributed by atoms with Gasteiger partial charge < -0.3 is 15.0 Å². The van der Waals surface area contributed by atoms with E-state index in [9.17, 15) is 4.79 Å². The van der Waals surface area contributed by atoms with Gasteiger partial charge in [0.25, 0.3) is 0 Å². The fourth-order valence-corrected chi connectivity index (χ4v) is 2.95. The van der Waals surface area contributed by atoms with Crippen molar-refractivity contribution < 1.29 is 9.53 Å². The van der Waals surface area contributed by atoms with Gasteiger partial charge in [0, 0.05) is 25.2 Å². The number of anilines is 3. The number of para-hydroxylation sites is 1. The topological polar surface area (TPSA) is 67.4 Å². The number of hydrogen-bond acceptors (Lipinski definition) is 6. The van der Waals surface area contributed by atoms with E-state index in [2.05, 4.69) is 27.1 Å². The number of esters is 1. The van der Waals surface area contributed by atoms with Gasteiger partial charge in [-0.3, -0.25) is 0 Å². The fraction of sp³-hybridized carbons (Fsp3) is 0.261. The maximum Gasteiger partial charge on any atom is 0.339 e. The highest BCUT2D eigenvalue weighted by Crippen LogP contribution is 2.26. The average molecular weight is 390 g/mol. The SMILES string of the molecule is CCCCN(C)c1cc(-c2ccccc2)nc(Nc2ccccc2C(=O)OC)n1. The Bertz CT molecular complexity index is 960. The largest absolute Gasteiger partial charge is 0.465 e. The molecule has 0 bridgehead atoms. The molecule has 0 saturated carbocycles. The lowest BCUT2D eigenvalue weighted by Gasteiger charge is -2.20. The Hall–Kier alpha value is -3.41. The molecule has 6 nitrogen and oxygen atoms in total. The lowest BCUT2D eigenvalue weighted by Crippen LogP contribution is -2.20. The Morgan fingerprint density at radius 2 is 1.79 bits per heavy atom. The molecule has 0 fully saturated rings. The van der Waals surface area contributed by atoms with Crippen LogP contribution in [-0.2, 0) is 4.74 Å².